The standard InChI is InChI=1S/C11H15BrClNO2S2/c12-10-4-5-17-11(10)18(15,16)14-7-9-3-1-2-8(9)6-13/h4-5,8-9,14H,1-3,6-7H2. The van der Waals surface area contributed by atoms with Gasteiger partial charge in [0.2, 0.25) is 0 Å². The predicted molar refractivity (Wildman–Crippen MR) is 78.8 cm³/mol. The summed E-state index contributed by atoms with van der Waals surface area (Å²) in [7, 11) is -3.39. The van der Waals surface area contributed by atoms with Gasteiger partial charge in [-0.15, -0.1) is 22.9 Å². The number of halogens is 2. The van der Waals surface area contributed by atoms with Crippen LogP contribution in [0.25, 0.3) is 0 Å². The number of rotatable bonds is 5. The fourth-order valence-corrected chi connectivity index (χ4v) is 6.22. The first-order valence-electron chi connectivity index (χ1n) is 5.83. The smallest absolute Gasteiger partial charge is 0.210 e. The second-order valence-corrected chi connectivity index (χ2v) is 8.55. The van der Waals surface area contributed by atoms with Gasteiger partial charge in [0.15, 0.2) is 0 Å². The summed E-state index contributed by atoms with van der Waals surface area (Å²) in [5, 5.41) is 1.76. The van der Waals surface area contributed by atoms with Gasteiger partial charge >= 0.3 is 0 Å². The molecule has 1 aromatic heterocycles. The van der Waals surface area contributed by atoms with Crippen molar-refractivity contribution in [2.24, 2.45) is 11.8 Å². The van der Waals surface area contributed by atoms with Gasteiger partial charge in [-0.05, 0) is 52.1 Å². The van der Waals surface area contributed by atoms with Crippen LogP contribution in [0.15, 0.2) is 20.1 Å². The van der Waals surface area contributed by atoms with Crippen LogP contribution in [0.1, 0.15) is 19.3 Å². The lowest BCUT2D eigenvalue weighted by Crippen LogP contribution is -2.31. The maximum Gasteiger partial charge on any atom is 0.251 e. The first-order chi connectivity index (χ1) is 8.54. The molecule has 1 aliphatic carbocycles. The van der Waals surface area contributed by atoms with E-state index in [4.69, 9.17) is 11.6 Å². The molecule has 0 radical (unpaired) electrons. The minimum atomic E-state index is -3.39. The highest BCUT2D eigenvalue weighted by molar-refractivity contribution is 9.10. The van der Waals surface area contributed by atoms with Gasteiger partial charge < -0.3 is 0 Å². The van der Waals surface area contributed by atoms with Gasteiger partial charge in [0, 0.05) is 16.9 Å². The van der Waals surface area contributed by atoms with Crippen LogP contribution in [-0.2, 0) is 10.0 Å². The zero-order chi connectivity index (χ0) is 13.2. The topological polar surface area (TPSA) is 46.2 Å². The minimum Gasteiger partial charge on any atom is -0.210 e. The first kappa shape index (κ1) is 14.8. The summed E-state index contributed by atoms with van der Waals surface area (Å²) < 4.78 is 27.9. The van der Waals surface area contributed by atoms with Crippen LogP contribution in [0.2, 0.25) is 0 Å². The number of alkyl halides is 1. The maximum atomic E-state index is 12.1. The number of hydrogen-bond donors (Lipinski definition) is 1. The molecule has 0 aliphatic heterocycles. The normalized spacial score (nSPS) is 24.6. The van der Waals surface area contributed by atoms with Gasteiger partial charge in [-0.25, -0.2) is 13.1 Å². The van der Waals surface area contributed by atoms with Crippen molar-refractivity contribution in [2.45, 2.75) is 23.5 Å². The molecular weight excluding hydrogens is 358 g/mol. The monoisotopic (exact) mass is 371 g/mol. The van der Waals surface area contributed by atoms with Crippen LogP contribution < -0.4 is 4.72 Å². The third-order valence-electron chi connectivity index (χ3n) is 3.38. The van der Waals surface area contributed by atoms with Crippen molar-refractivity contribution in [3.63, 3.8) is 0 Å². The Labute approximate surface area is 125 Å². The molecule has 1 fully saturated rings. The molecule has 2 atom stereocenters. The molecule has 1 heterocycles. The van der Waals surface area contributed by atoms with Crippen molar-refractivity contribution in [3.05, 3.63) is 15.9 Å². The van der Waals surface area contributed by atoms with E-state index in [0.717, 1.165) is 19.3 Å². The highest BCUT2D eigenvalue weighted by Gasteiger charge is 2.28. The number of hydrogen-bond acceptors (Lipinski definition) is 3. The molecule has 0 spiro atoms. The predicted octanol–water partition coefficient (Wildman–Crippen LogP) is 3.44. The highest BCUT2D eigenvalue weighted by atomic mass is 79.9. The second kappa shape index (κ2) is 6.22. The van der Waals surface area contributed by atoms with E-state index in [1.54, 1.807) is 11.4 Å². The average molecular weight is 373 g/mol. The second-order valence-electron chi connectivity index (χ2n) is 4.51. The van der Waals surface area contributed by atoms with Crippen molar-refractivity contribution in [1.29, 1.82) is 0 Å². The zero-order valence-electron chi connectivity index (χ0n) is 9.73. The van der Waals surface area contributed by atoms with E-state index in [2.05, 4.69) is 20.7 Å². The minimum absolute atomic E-state index is 0.350. The third-order valence-corrected chi connectivity index (χ3v) is 7.87. The maximum absolute atomic E-state index is 12.1. The van der Waals surface area contributed by atoms with Crippen LogP contribution in [-0.4, -0.2) is 20.8 Å². The van der Waals surface area contributed by atoms with Crippen LogP contribution >= 0.6 is 38.9 Å². The van der Waals surface area contributed by atoms with Gasteiger partial charge in [0.25, 0.3) is 10.0 Å². The number of sulfonamides is 1. The molecule has 0 aromatic carbocycles. The number of thiophene rings is 1. The molecule has 1 saturated carbocycles. The molecule has 0 amide bonds. The molecule has 7 heteroatoms. The Hall–Kier alpha value is 0.380. The van der Waals surface area contributed by atoms with Gasteiger partial charge in [0.1, 0.15) is 4.21 Å². The van der Waals surface area contributed by atoms with Crippen molar-refractivity contribution in [3.8, 4) is 0 Å². The molecule has 18 heavy (non-hydrogen) atoms. The molecule has 1 aliphatic rings. The van der Waals surface area contributed by atoms with Crippen molar-refractivity contribution >= 4 is 48.9 Å². The summed E-state index contributed by atoms with van der Waals surface area (Å²) in [5.74, 6) is 1.44. The van der Waals surface area contributed by atoms with Gasteiger partial charge in [-0.2, -0.15) is 0 Å². The Morgan fingerprint density at radius 1 is 1.44 bits per heavy atom. The van der Waals surface area contributed by atoms with Gasteiger partial charge in [0.05, 0.1) is 0 Å². The fraction of sp³-hybridized carbons (Fsp3) is 0.636. The van der Waals surface area contributed by atoms with Crippen molar-refractivity contribution < 1.29 is 8.42 Å². The Balaban J connectivity index is 2.00. The molecule has 0 saturated heterocycles. The van der Waals surface area contributed by atoms with E-state index in [9.17, 15) is 8.42 Å². The Morgan fingerprint density at radius 2 is 2.17 bits per heavy atom. The molecule has 2 unspecified atom stereocenters. The van der Waals surface area contributed by atoms with E-state index in [1.165, 1.54) is 11.3 Å². The summed E-state index contributed by atoms with van der Waals surface area (Å²) in [5.41, 5.74) is 0. The first-order valence-corrected chi connectivity index (χ1v) is 9.52. The van der Waals surface area contributed by atoms with Crippen LogP contribution in [0.4, 0.5) is 0 Å². The molecular formula is C11H15BrClNO2S2. The van der Waals surface area contributed by atoms with Crippen LogP contribution in [0, 0.1) is 11.8 Å². The largest absolute Gasteiger partial charge is 0.251 e. The Kier molecular flexibility index (Phi) is 5.11. The van der Waals surface area contributed by atoms with Crippen molar-refractivity contribution in [1.82, 2.24) is 4.72 Å². The summed E-state index contributed by atoms with van der Waals surface area (Å²) in [6, 6.07) is 1.75. The molecule has 1 aromatic rings. The lowest BCUT2D eigenvalue weighted by atomic mass is 9.98. The molecule has 1 N–H and O–H groups in total. The summed E-state index contributed by atoms with van der Waals surface area (Å²) in [6.45, 7) is 0.490. The van der Waals surface area contributed by atoms with E-state index in [1.807, 2.05) is 0 Å². The Bertz CT molecular complexity index is 503. The zero-order valence-corrected chi connectivity index (χ0v) is 13.7. The number of nitrogens with one attached hydrogen (secondary N) is 1. The lowest BCUT2D eigenvalue weighted by Gasteiger charge is -2.17. The quantitative estimate of drug-likeness (QED) is 0.805. The third kappa shape index (κ3) is 3.28. The SMILES string of the molecule is O=S(=O)(NCC1CCCC1CCl)c1sccc1Br. The average Bonchev–Trinajstić information content (AvgIpc) is 2.94. The summed E-state index contributed by atoms with van der Waals surface area (Å²) in [6.07, 6.45) is 3.32. The lowest BCUT2D eigenvalue weighted by molar-refractivity contribution is 0.418. The van der Waals surface area contributed by atoms with E-state index < -0.39 is 10.0 Å². The molecule has 3 nitrogen and oxygen atoms in total. The Morgan fingerprint density at radius 3 is 2.78 bits per heavy atom. The van der Waals surface area contributed by atoms with Crippen molar-refractivity contribution in [2.75, 3.05) is 12.4 Å². The van der Waals surface area contributed by atoms with E-state index in [0.29, 0.717) is 32.9 Å². The van der Waals surface area contributed by atoms with Crippen LogP contribution in [0.5, 0.6) is 0 Å². The fourth-order valence-electron chi connectivity index (χ4n) is 2.34. The van der Waals surface area contributed by atoms with Gasteiger partial charge in [-0.1, -0.05) is 6.42 Å². The molecule has 2 rings (SSSR count). The molecule has 102 valence electrons. The summed E-state index contributed by atoms with van der Waals surface area (Å²) >= 11 is 10.4. The summed E-state index contributed by atoms with van der Waals surface area (Å²) in [4.78, 5) is 0. The van der Waals surface area contributed by atoms with E-state index >= 15 is 0 Å². The highest BCUT2D eigenvalue weighted by Crippen LogP contribution is 2.33. The molecule has 0 bridgehead atoms. The van der Waals surface area contributed by atoms with Gasteiger partial charge in [-0.3, -0.25) is 0 Å². The van der Waals surface area contributed by atoms with E-state index in [-0.39, 0.29) is 0 Å². The van der Waals surface area contributed by atoms with Crippen LogP contribution in [0.3, 0.4) is 0 Å².